The third kappa shape index (κ3) is 3.48. The number of aromatic nitrogens is 2. The van der Waals surface area contributed by atoms with Crippen molar-refractivity contribution in [2.45, 2.75) is 64.1 Å². The summed E-state index contributed by atoms with van der Waals surface area (Å²) >= 11 is 0. The Morgan fingerprint density at radius 2 is 2.04 bits per heavy atom. The summed E-state index contributed by atoms with van der Waals surface area (Å²) in [6.07, 6.45) is 8.54. The lowest BCUT2D eigenvalue weighted by molar-refractivity contribution is 0.154. The Kier molecular flexibility index (Phi) is 4.96. The number of fused-ring (bicyclic) bond motifs is 1. The summed E-state index contributed by atoms with van der Waals surface area (Å²) in [5.41, 5.74) is 3.73. The van der Waals surface area contributed by atoms with Gasteiger partial charge < -0.3 is 10.2 Å². The summed E-state index contributed by atoms with van der Waals surface area (Å²) in [5.74, 6) is 0. The molecule has 26 heavy (non-hydrogen) atoms. The molecular formula is C21H28N4O. The van der Waals surface area contributed by atoms with Crippen LogP contribution in [-0.4, -0.2) is 33.3 Å². The first-order valence-corrected chi connectivity index (χ1v) is 9.88. The molecule has 1 fully saturated rings. The summed E-state index contributed by atoms with van der Waals surface area (Å²) in [4.78, 5) is 14.8. The number of likely N-dealkylation sites (tertiary alicyclic amines) is 1. The summed E-state index contributed by atoms with van der Waals surface area (Å²) in [5, 5.41) is 7.92. The van der Waals surface area contributed by atoms with Gasteiger partial charge in [-0.15, -0.1) is 0 Å². The maximum atomic E-state index is 12.8. The Morgan fingerprint density at radius 3 is 2.85 bits per heavy atom. The van der Waals surface area contributed by atoms with Gasteiger partial charge in [0, 0.05) is 23.8 Å². The molecule has 5 heteroatoms. The monoisotopic (exact) mass is 352 g/mol. The van der Waals surface area contributed by atoms with Gasteiger partial charge in [-0.25, -0.2) is 4.79 Å². The second kappa shape index (κ2) is 7.52. The molecule has 1 saturated heterocycles. The first kappa shape index (κ1) is 17.1. The highest BCUT2D eigenvalue weighted by Gasteiger charge is 2.29. The van der Waals surface area contributed by atoms with Gasteiger partial charge in [-0.2, -0.15) is 5.10 Å². The number of piperidine rings is 1. The third-order valence-electron chi connectivity index (χ3n) is 5.80. The molecule has 1 aromatic carbocycles. The Morgan fingerprint density at radius 1 is 1.19 bits per heavy atom. The molecule has 1 N–H and O–H groups in total. The molecule has 1 aliphatic heterocycles. The van der Waals surface area contributed by atoms with Gasteiger partial charge in [0.25, 0.3) is 0 Å². The number of nitrogens with one attached hydrogen (secondary N) is 1. The highest BCUT2D eigenvalue weighted by molar-refractivity contribution is 5.75. The molecule has 2 unspecified atom stereocenters. The minimum Gasteiger partial charge on any atom is -0.331 e. The zero-order valence-corrected chi connectivity index (χ0v) is 15.5. The van der Waals surface area contributed by atoms with Crippen molar-refractivity contribution in [3.8, 4) is 0 Å². The van der Waals surface area contributed by atoms with Gasteiger partial charge in [0.05, 0.1) is 18.8 Å². The lowest BCUT2D eigenvalue weighted by Gasteiger charge is -2.35. The fraction of sp³-hybridized carbons (Fsp3) is 0.524. The summed E-state index contributed by atoms with van der Waals surface area (Å²) in [6.45, 7) is 3.82. The molecular weight excluding hydrogens is 324 g/mol. The normalized spacial score (nSPS) is 22.7. The quantitative estimate of drug-likeness (QED) is 0.911. The predicted octanol–water partition coefficient (Wildman–Crippen LogP) is 3.89. The standard InChI is InChI=1S/C21H28N4O/c1-16-8-5-6-13-24(16)21(26)23-19-11-7-12-20-18(19)14-22-25(20)15-17-9-3-2-4-10-17/h2-4,9-10,14,16,19H,5-8,11-13,15H2,1H3,(H,23,26). The number of carbonyl (C=O) groups is 1. The summed E-state index contributed by atoms with van der Waals surface area (Å²) < 4.78 is 2.10. The van der Waals surface area contributed by atoms with E-state index in [-0.39, 0.29) is 12.1 Å². The maximum absolute atomic E-state index is 12.8. The first-order valence-electron chi connectivity index (χ1n) is 9.88. The zero-order valence-electron chi connectivity index (χ0n) is 15.5. The Bertz CT molecular complexity index is 755. The van der Waals surface area contributed by atoms with Crippen LogP contribution in [0.25, 0.3) is 0 Å². The fourth-order valence-corrected chi connectivity index (χ4v) is 4.29. The van der Waals surface area contributed by atoms with Crippen LogP contribution in [-0.2, 0) is 13.0 Å². The Labute approximate surface area is 155 Å². The van der Waals surface area contributed by atoms with E-state index in [0.29, 0.717) is 6.04 Å². The van der Waals surface area contributed by atoms with Crippen molar-refractivity contribution in [3.05, 3.63) is 53.3 Å². The lowest BCUT2D eigenvalue weighted by atomic mass is 9.93. The Hall–Kier alpha value is -2.30. The van der Waals surface area contributed by atoms with E-state index in [0.717, 1.165) is 45.2 Å². The van der Waals surface area contributed by atoms with E-state index in [9.17, 15) is 4.79 Å². The molecule has 1 aliphatic carbocycles. The van der Waals surface area contributed by atoms with Crippen LogP contribution in [0.3, 0.4) is 0 Å². The molecule has 138 valence electrons. The molecule has 2 aliphatic rings. The number of rotatable bonds is 3. The number of benzene rings is 1. The fourth-order valence-electron chi connectivity index (χ4n) is 4.29. The average Bonchev–Trinajstić information content (AvgIpc) is 3.07. The molecule has 2 aromatic rings. The second-order valence-corrected chi connectivity index (χ2v) is 7.62. The number of nitrogens with zero attached hydrogens (tertiary/aromatic N) is 3. The van der Waals surface area contributed by atoms with Crippen molar-refractivity contribution in [3.63, 3.8) is 0 Å². The van der Waals surface area contributed by atoms with Crippen molar-refractivity contribution >= 4 is 6.03 Å². The van der Waals surface area contributed by atoms with Gasteiger partial charge in [0.15, 0.2) is 0 Å². The number of carbonyl (C=O) groups excluding carboxylic acids is 1. The van der Waals surface area contributed by atoms with Gasteiger partial charge in [0.1, 0.15) is 0 Å². The van der Waals surface area contributed by atoms with E-state index in [2.05, 4.69) is 46.3 Å². The van der Waals surface area contributed by atoms with Gasteiger partial charge in [0.2, 0.25) is 0 Å². The maximum Gasteiger partial charge on any atom is 0.318 e. The minimum absolute atomic E-state index is 0.0879. The van der Waals surface area contributed by atoms with E-state index >= 15 is 0 Å². The summed E-state index contributed by atoms with van der Waals surface area (Å²) in [6, 6.07) is 10.9. The van der Waals surface area contributed by atoms with Gasteiger partial charge in [-0.05, 0) is 51.0 Å². The van der Waals surface area contributed by atoms with Crippen LogP contribution in [0.5, 0.6) is 0 Å². The highest BCUT2D eigenvalue weighted by atomic mass is 16.2. The van der Waals surface area contributed by atoms with Crippen molar-refractivity contribution in [1.29, 1.82) is 0 Å². The number of amides is 2. The molecule has 0 radical (unpaired) electrons. The topological polar surface area (TPSA) is 50.2 Å². The highest BCUT2D eigenvalue weighted by Crippen LogP contribution is 2.30. The van der Waals surface area contributed by atoms with Gasteiger partial charge in [-0.3, -0.25) is 4.68 Å². The molecule has 2 heterocycles. The number of urea groups is 1. The van der Waals surface area contributed by atoms with Gasteiger partial charge >= 0.3 is 6.03 Å². The number of hydrogen-bond donors (Lipinski definition) is 1. The van der Waals surface area contributed by atoms with Crippen LogP contribution < -0.4 is 5.32 Å². The van der Waals surface area contributed by atoms with Crippen molar-refractivity contribution in [1.82, 2.24) is 20.0 Å². The van der Waals surface area contributed by atoms with Crippen LogP contribution in [0.15, 0.2) is 36.5 Å². The van der Waals surface area contributed by atoms with Crippen LogP contribution >= 0.6 is 0 Å². The van der Waals surface area contributed by atoms with Crippen molar-refractivity contribution < 1.29 is 4.79 Å². The van der Waals surface area contributed by atoms with Crippen LogP contribution in [0, 0.1) is 0 Å². The number of hydrogen-bond acceptors (Lipinski definition) is 2. The molecule has 0 spiro atoms. The third-order valence-corrected chi connectivity index (χ3v) is 5.80. The second-order valence-electron chi connectivity index (χ2n) is 7.62. The van der Waals surface area contributed by atoms with Gasteiger partial charge in [-0.1, -0.05) is 30.3 Å². The molecule has 0 bridgehead atoms. The first-order chi connectivity index (χ1) is 12.7. The molecule has 2 atom stereocenters. The predicted molar refractivity (Wildman–Crippen MR) is 102 cm³/mol. The largest absolute Gasteiger partial charge is 0.331 e. The molecule has 4 rings (SSSR count). The van der Waals surface area contributed by atoms with E-state index < -0.39 is 0 Å². The molecule has 0 saturated carbocycles. The molecule has 1 aromatic heterocycles. The van der Waals surface area contributed by atoms with Crippen molar-refractivity contribution in [2.75, 3.05) is 6.54 Å². The van der Waals surface area contributed by atoms with E-state index in [1.807, 2.05) is 17.2 Å². The lowest BCUT2D eigenvalue weighted by Crippen LogP contribution is -2.48. The van der Waals surface area contributed by atoms with E-state index in [4.69, 9.17) is 0 Å². The van der Waals surface area contributed by atoms with Crippen molar-refractivity contribution in [2.24, 2.45) is 0 Å². The van der Waals surface area contributed by atoms with E-state index in [1.54, 1.807) is 0 Å². The smallest absolute Gasteiger partial charge is 0.318 e. The molecule has 5 nitrogen and oxygen atoms in total. The minimum atomic E-state index is 0.0879. The van der Waals surface area contributed by atoms with Crippen LogP contribution in [0.1, 0.15) is 61.9 Å². The SMILES string of the molecule is CC1CCCCN1C(=O)NC1CCCc2c1cnn2Cc1ccccc1. The zero-order chi connectivity index (χ0) is 17.9. The average molecular weight is 352 g/mol. The van der Waals surface area contributed by atoms with E-state index in [1.165, 1.54) is 23.2 Å². The van der Waals surface area contributed by atoms with Crippen LogP contribution in [0.4, 0.5) is 4.79 Å². The molecule has 2 amide bonds. The van der Waals surface area contributed by atoms with Crippen LogP contribution in [0.2, 0.25) is 0 Å². The summed E-state index contributed by atoms with van der Waals surface area (Å²) in [7, 11) is 0. The Balaban J connectivity index is 1.48.